The number of nitrogens with one attached hydrogen (secondary N) is 1. The van der Waals surface area contributed by atoms with E-state index in [2.05, 4.69) is 60.3 Å². The first-order valence-electron chi connectivity index (χ1n) is 7.01. The van der Waals surface area contributed by atoms with E-state index in [9.17, 15) is 0 Å². The lowest BCUT2D eigenvalue weighted by atomic mass is 9.95. The molecule has 1 N–H and O–H groups in total. The molecule has 1 aromatic heterocycles. The van der Waals surface area contributed by atoms with Gasteiger partial charge < -0.3 is 5.32 Å². The average molecular weight is 255 g/mol. The van der Waals surface area contributed by atoms with Gasteiger partial charge in [-0.1, -0.05) is 24.3 Å². The molecule has 1 aliphatic rings. The highest BCUT2D eigenvalue weighted by molar-refractivity contribution is 5.72. The summed E-state index contributed by atoms with van der Waals surface area (Å²) in [5, 5.41) is 8.25. The Morgan fingerprint density at radius 3 is 2.74 bits per heavy atom. The van der Waals surface area contributed by atoms with Crippen molar-refractivity contribution in [2.24, 2.45) is 7.05 Å². The zero-order chi connectivity index (χ0) is 13.4. The smallest absolute Gasteiger partial charge is 0.0675 e. The molecule has 0 saturated carbocycles. The van der Waals surface area contributed by atoms with Gasteiger partial charge in [0.05, 0.1) is 11.4 Å². The monoisotopic (exact) mass is 255 g/mol. The molecule has 0 bridgehead atoms. The maximum Gasteiger partial charge on any atom is 0.0675 e. The van der Waals surface area contributed by atoms with E-state index in [-0.39, 0.29) is 0 Å². The summed E-state index contributed by atoms with van der Waals surface area (Å²) < 4.78 is 2.06. The third-order valence-electron chi connectivity index (χ3n) is 4.07. The van der Waals surface area contributed by atoms with Crippen molar-refractivity contribution in [1.82, 2.24) is 15.1 Å². The van der Waals surface area contributed by atoms with Crippen molar-refractivity contribution >= 4 is 0 Å². The van der Waals surface area contributed by atoms with Crippen LogP contribution in [0.5, 0.6) is 0 Å². The molecule has 1 unspecified atom stereocenters. The minimum absolute atomic E-state index is 0.445. The number of nitrogens with zero attached hydrogens (tertiary/aromatic N) is 2. The molecule has 0 radical (unpaired) electrons. The zero-order valence-electron chi connectivity index (χ0n) is 11.9. The highest BCUT2D eigenvalue weighted by Crippen LogP contribution is 2.35. The quantitative estimate of drug-likeness (QED) is 0.893. The summed E-state index contributed by atoms with van der Waals surface area (Å²) >= 11 is 0. The van der Waals surface area contributed by atoms with Crippen LogP contribution in [0.2, 0.25) is 0 Å². The predicted molar refractivity (Wildman–Crippen MR) is 78.1 cm³/mol. The first kappa shape index (κ1) is 12.4. The summed E-state index contributed by atoms with van der Waals surface area (Å²) in [6.07, 6.45) is 2.46. The molecule has 0 aliphatic carbocycles. The van der Waals surface area contributed by atoms with Crippen LogP contribution in [0.1, 0.15) is 35.8 Å². The van der Waals surface area contributed by atoms with Gasteiger partial charge in [-0.2, -0.15) is 5.10 Å². The van der Waals surface area contributed by atoms with Crippen LogP contribution in [0, 0.1) is 13.8 Å². The van der Waals surface area contributed by atoms with Crippen molar-refractivity contribution in [1.29, 1.82) is 0 Å². The van der Waals surface area contributed by atoms with E-state index < -0.39 is 0 Å². The van der Waals surface area contributed by atoms with Crippen molar-refractivity contribution in [2.45, 2.75) is 32.7 Å². The third kappa shape index (κ3) is 2.08. The number of rotatable bonds is 2. The molecule has 0 amide bonds. The van der Waals surface area contributed by atoms with Gasteiger partial charge in [0.1, 0.15) is 0 Å². The zero-order valence-corrected chi connectivity index (χ0v) is 11.9. The highest BCUT2D eigenvalue weighted by Gasteiger charge is 2.25. The number of hydrogen-bond donors (Lipinski definition) is 1. The fourth-order valence-corrected chi connectivity index (χ4v) is 3.18. The van der Waals surface area contributed by atoms with Gasteiger partial charge in [-0.05, 0) is 44.4 Å². The third-order valence-corrected chi connectivity index (χ3v) is 4.07. The van der Waals surface area contributed by atoms with Crippen LogP contribution in [0.15, 0.2) is 24.3 Å². The maximum absolute atomic E-state index is 4.65. The van der Waals surface area contributed by atoms with E-state index in [1.165, 1.54) is 35.2 Å². The van der Waals surface area contributed by atoms with Crippen molar-refractivity contribution in [2.75, 3.05) is 6.54 Å². The Balaban J connectivity index is 2.18. The number of aryl methyl sites for hydroxylation is 3. The minimum atomic E-state index is 0.445. The summed E-state index contributed by atoms with van der Waals surface area (Å²) in [6, 6.07) is 9.03. The van der Waals surface area contributed by atoms with E-state index in [1.54, 1.807) is 0 Å². The molecule has 0 spiro atoms. The van der Waals surface area contributed by atoms with Crippen LogP contribution >= 0.6 is 0 Å². The summed E-state index contributed by atoms with van der Waals surface area (Å²) in [4.78, 5) is 0. The molecule has 3 nitrogen and oxygen atoms in total. The van der Waals surface area contributed by atoms with Crippen LogP contribution in [0.3, 0.4) is 0 Å². The van der Waals surface area contributed by atoms with Crippen molar-refractivity contribution < 1.29 is 0 Å². The van der Waals surface area contributed by atoms with E-state index in [1.807, 2.05) is 0 Å². The maximum atomic E-state index is 4.65. The first-order valence-corrected chi connectivity index (χ1v) is 7.01. The highest BCUT2D eigenvalue weighted by atomic mass is 15.3. The van der Waals surface area contributed by atoms with Gasteiger partial charge in [0.25, 0.3) is 0 Å². The van der Waals surface area contributed by atoms with E-state index in [0.717, 1.165) is 12.2 Å². The minimum Gasteiger partial charge on any atom is -0.309 e. The summed E-state index contributed by atoms with van der Waals surface area (Å²) in [7, 11) is 2.06. The lowest BCUT2D eigenvalue weighted by molar-refractivity contribution is 0.574. The van der Waals surface area contributed by atoms with Gasteiger partial charge in [-0.15, -0.1) is 0 Å². The second-order valence-electron chi connectivity index (χ2n) is 5.43. The van der Waals surface area contributed by atoms with Crippen molar-refractivity contribution in [3.05, 3.63) is 41.2 Å². The van der Waals surface area contributed by atoms with E-state index >= 15 is 0 Å². The summed E-state index contributed by atoms with van der Waals surface area (Å²) in [5.41, 5.74) is 6.42. The molecule has 1 saturated heterocycles. The van der Waals surface area contributed by atoms with Gasteiger partial charge >= 0.3 is 0 Å². The lowest BCUT2D eigenvalue weighted by Gasteiger charge is -2.15. The molecule has 100 valence electrons. The van der Waals surface area contributed by atoms with Crippen LogP contribution in [0.4, 0.5) is 0 Å². The Hall–Kier alpha value is -1.61. The number of benzene rings is 1. The average Bonchev–Trinajstić information content (AvgIpc) is 2.98. The lowest BCUT2D eigenvalue weighted by Crippen LogP contribution is -2.17. The van der Waals surface area contributed by atoms with Crippen molar-refractivity contribution in [3.8, 4) is 11.1 Å². The molecule has 3 heteroatoms. The predicted octanol–water partition coefficient (Wildman–Crippen LogP) is 3.13. The summed E-state index contributed by atoms with van der Waals surface area (Å²) in [6.45, 7) is 5.40. The molecule has 1 fully saturated rings. The van der Waals surface area contributed by atoms with Crippen LogP contribution in [-0.2, 0) is 7.05 Å². The fraction of sp³-hybridized carbons (Fsp3) is 0.438. The van der Waals surface area contributed by atoms with Crippen LogP contribution < -0.4 is 5.32 Å². The molecular formula is C16H21N3. The topological polar surface area (TPSA) is 29.9 Å². The van der Waals surface area contributed by atoms with Gasteiger partial charge in [0.15, 0.2) is 0 Å². The molecule has 2 heterocycles. The molecule has 3 rings (SSSR count). The molecule has 19 heavy (non-hydrogen) atoms. The molecule has 1 aromatic carbocycles. The Morgan fingerprint density at radius 2 is 2.05 bits per heavy atom. The molecule has 2 aromatic rings. The fourth-order valence-electron chi connectivity index (χ4n) is 3.18. The normalized spacial score (nSPS) is 19.0. The van der Waals surface area contributed by atoms with Gasteiger partial charge in [-0.3, -0.25) is 4.68 Å². The standard InChI is InChI=1S/C16H21N3/c1-11-7-4-5-8-13(11)15-12(2)18-19(3)16(15)14-9-6-10-17-14/h4-5,7-8,14,17H,6,9-10H2,1-3H3. The Labute approximate surface area is 114 Å². The Morgan fingerprint density at radius 1 is 1.26 bits per heavy atom. The van der Waals surface area contributed by atoms with E-state index in [0.29, 0.717) is 6.04 Å². The number of aromatic nitrogens is 2. The molecule has 1 atom stereocenters. The van der Waals surface area contributed by atoms with Crippen molar-refractivity contribution in [3.63, 3.8) is 0 Å². The molecule has 1 aliphatic heterocycles. The SMILES string of the molecule is Cc1ccccc1-c1c(C)nn(C)c1C1CCCN1. The summed E-state index contributed by atoms with van der Waals surface area (Å²) in [5.74, 6) is 0. The van der Waals surface area contributed by atoms with Gasteiger partial charge in [0, 0.05) is 18.7 Å². The first-order chi connectivity index (χ1) is 9.18. The van der Waals surface area contributed by atoms with Crippen LogP contribution in [0.25, 0.3) is 11.1 Å². The van der Waals surface area contributed by atoms with Gasteiger partial charge in [-0.25, -0.2) is 0 Å². The largest absolute Gasteiger partial charge is 0.309 e. The second kappa shape index (κ2) is 4.82. The second-order valence-corrected chi connectivity index (χ2v) is 5.43. The van der Waals surface area contributed by atoms with Gasteiger partial charge in [0.2, 0.25) is 0 Å². The van der Waals surface area contributed by atoms with Crippen LogP contribution in [-0.4, -0.2) is 16.3 Å². The van der Waals surface area contributed by atoms with E-state index in [4.69, 9.17) is 0 Å². The Kier molecular flexibility index (Phi) is 3.15. The number of hydrogen-bond acceptors (Lipinski definition) is 2. The molecular weight excluding hydrogens is 234 g/mol. The Bertz CT molecular complexity index is 592.